The number of benzene rings is 1. The van der Waals surface area contributed by atoms with Crippen molar-refractivity contribution in [3.63, 3.8) is 0 Å². The molecule has 4 aliphatic rings. The van der Waals surface area contributed by atoms with Gasteiger partial charge >= 0.3 is 0 Å². The number of carbonyl (C=O) groups excluding carboxylic acids is 6. The molecule has 4 aromatic rings. The van der Waals surface area contributed by atoms with Gasteiger partial charge in [-0.3, -0.25) is 39.0 Å². The van der Waals surface area contributed by atoms with E-state index in [0.717, 1.165) is 72.9 Å². The number of piperidine rings is 2. The molecular weight excluding hydrogens is 803 g/mol. The van der Waals surface area contributed by atoms with Crippen LogP contribution in [-0.2, 0) is 23.9 Å². The quantitative estimate of drug-likeness (QED) is 0.0812. The van der Waals surface area contributed by atoms with Crippen molar-refractivity contribution in [2.45, 2.75) is 69.6 Å². The number of nitrogens with zero attached hydrogens (tertiary/aromatic N) is 7. The second kappa shape index (κ2) is 19.1. The number of nitrogens with one attached hydrogen (secondary N) is 4. The highest BCUT2D eigenvalue weighted by molar-refractivity contribution is 6.24. The Hall–Kier alpha value is -6.38. The fourth-order valence-electron chi connectivity index (χ4n) is 8.16. The molecule has 1 saturated carbocycles. The van der Waals surface area contributed by atoms with Crippen molar-refractivity contribution in [3.05, 3.63) is 71.6 Å². The van der Waals surface area contributed by atoms with Crippen molar-refractivity contribution in [3.8, 4) is 5.75 Å². The molecule has 0 radical (unpaired) electrons. The Balaban J connectivity index is 0.671. The van der Waals surface area contributed by atoms with Gasteiger partial charge in [0.1, 0.15) is 29.3 Å². The van der Waals surface area contributed by atoms with E-state index in [1.165, 1.54) is 18.2 Å². The molecule has 6 amide bonds. The van der Waals surface area contributed by atoms with Crippen LogP contribution < -0.4 is 26.0 Å². The molecule has 3 fully saturated rings. The monoisotopic (exact) mass is 851 g/mol. The zero-order valence-electron chi connectivity index (χ0n) is 34.3. The maximum atomic E-state index is 13.2. The number of hydrogen-bond donors (Lipinski definition) is 4. The molecule has 1 atom stereocenters. The van der Waals surface area contributed by atoms with Gasteiger partial charge in [-0.2, -0.15) is 0 Å². The highest BCUT2D eigenvalue weighted by Crippen LogP contribution is 2.36. The van der Waals surface area contributed by atoms with Gasteiger partial charge in [-0.15, -0.1) is 0 Å². The maximum Gasteiger partial charge on any atom is 0.270 e. The fourth-order valence-corrected chi connectivity index (χ4v) is 8.16. The molecule has 6 heterocycles. The van der Waals surface area contributed by atoms with E-state index in [0.29, 0.717) is 25.5 Å². The second-order valence-electron chi connectivity index (χ2n) is 15.8. The van der Waals surface area contributed by atoms with E-state index in [1.54, 1.807) is 12.4 Å². The lowest BCUT2D eigenvalue weighted by molar-refractivity contribution is -0.136. The third kappa shape index (κ3) is 9.56. The van der Waals surface area contributed by atoms with E-state index >= 15 is 0 Å². The minimum atomic E-state index is -1.10. The Morgan fingerprint density at radius 3 is 2.47 bits per heavy atom. The molecule has 20 nitrogen and oxygen atoms in total. The van der Waals surface area contributed by atoms with Gasteiger partial charge in [-0.1, -0.05) is 12.1 Å². The van der Waals surface area contributed by atoms with Crippen molar-refractivity contribution >= 4 is 52.4 Å². The van der Waals surface area contributed by atoms with Crippen molar-refractivity contribution in [2.24, 2.45) is 0 Å². The first-order valence-corrected chi connectivity index (χ1v) is 20.9. The van der Waals surface area contributed by atoms with Gasteiger partial charge in [0.2, 0.25) is 11.8 Å². The Bertz CT molecular complexity index is 2340. The third-order valence-corrected chi connectivity index (χ3v) is 11.5. The first-order valence-electron chi connectivity index (χ1n) is 20.9. The first-order chi connectivity index (χ1) is 30.1. The summed E-state index contributed by atoms with van der Waals surface area (Å²) in [6, 6.07) is 9.30. The van der Waals surface area contributed by atoms with Gasteiger partial charge in [0.15, 0.2) is 18.1 Å². The van der Waals surface area contributed by atoms with Gasteiger partial charge < -0.3 is 39.6 Å². The summed E-state index contributed by atoms with van der Waals surface area (Å²) in [4.78, 5) is 96.5. The summed E-state index contributed by atoms with van der Waals surface area (Å²) >= 11 is 0. The average Bonchev–Trinajstić information content (AvgIpc) is 3.79. The first kappa shape index (κ1) is 42.3. The third-order valence-electron chi connectivity index (χ3n) is 11.5. The minimum Gasteiger partial charge on any atom is -0.483 e. The Morgan fingerprint density at radius 1 is 0.887 bits per heavy atom. The standard InChI is InChI=1S/C42H49N11O9/c1-25-4-2-6-30(47-25)39(56)49-27-20-28(21-27)52-24-46-36-37(44-23-45-38(36)52)48-26-10-13-51(14-11-26)15-17-61-19-18-60-16-12-43-34(55)22-62-32-7-3-5-29-35(32)42(59)53(41(29)58)31-8-9-33(54)50-40(31)57/h2-7,23-24,26-28,31H,8-22H2,1H3,(H,43,55)(H,49,56)(H,44,45,48)(H,50,54,57)/t27?,28?,31-/m0/s1. The van der Waals surface area contributed by atoms with Crippen LogP contribution in [0.3, 0.4) is 0 Å². The summed E-state index contributed by atoms with van der Waals surface area (Å²) < 4.78 is 19.1. The van der Waals surface area contributed by atoms with Crippen LogP contribution in [0.15, 0.2) is 49.1 Å². The highest BCUT2D eigenvalue weighted by atomic mass is 16.5. The molecule has 0 spiro atoms. The number of carbonyl (C=O) groups is 6. The van der Waals surface area contributed by atoms with E-state index < -0.39 is 42.2 Å². The van der Waals surface area contributed by atoms with Gasteiger partial charge in [-0.25, -0.2) is 19.9 Å². The molecule has 20 heteroatoms. The second-order valence-corrected chi connectivity index (χ2v) is 15.8. The summed E-state index contributed by atoms with van der Waals surface area (Å²) in [6.07, 6.45) is 6.90. The summed E-state index contributed by atoms with van der Waals surface area (Å²) in [5.74, 6) is -2.35. The van der Waals surface area contributed by atoms with Gasteiger partial charge in [-0.05, 0) is 63.3 Å². The van der Waals surface area contributed by atoms with E-state index in [1.807, 2.05) is 25.4 Å². The van der Waals surface area contributed by atoms with Crippen LogP contribution in [0.5, 0.6) is 5.75 Å². The lowest BCUT2D eigenvalue weighted by Crippen LogP contribution is -2.54. The number of aryl methyl sites for hydroxylation is 1. The Morgan fingerprint density at radius 2 is 1.68 bits per heavy atom. The van der Waals surface area contributed by atoms with Crippen LogP contribution in [0.25, 0.3) is 11.2 Å². The van der Waals surface area contributed by atoms with E-state index in [4.69, 9.17) is 14.2 Å². The largest absolute Gasteiger partial charge is 0.483 e. The number of fused-ring (bicyclic) bond motifs is 2. The van der Waals surface area contributed by atoms with Crippen molar-refractivity contribution in [1.82, 2.24) is 50.3 Å². The summed E-state index contributed by atoms with van der Waals surface area (Å²) in [6.45, 7) is 5.93. The Kier molecular flexibility index (Phi) is 13.1. The number of hydrogen-bond acceptors (Lipinski definition) is 15. The molecule has 326 valence electrons. The van der Waals surface area contributed by atoms with Crippen LogP contribution in [0.1, 0.15) is 81.5 Å². The zero-order valence-corrected chi connectivity index (χ0v) is 34.3. The minimum absolute atomic E-state index is 0.0117. The van der Waals surface area contributed by atoms with E-state index in [-0.39, 0.29) is 66.9 Å². The number of aromatic nitrogens is 5. The normalized spacial score (nSPS) is 20.5. The lowest BCUT2D eigenvalue weighted by atomic mass is 9.86. The number of likely N-dealkylation sites (tertiary alicyclic amines) is 1. The fraction of sp³-hybridized carbons (Fsp3) is 0.476. The molecule has 4 N–H and O–H groups in total. The number of imidazole rings is 1. The van der Waals surface area contributed by atoms with Crippen molar-refractivity contribution < 1.29 is 43.0 Å². The van der Waals surface area contributed by atoms with Crippen molar-refractivity contribution in [2.75, 3.05) is 64.5 Å². The molecule has 2 saturated heterocycles. The summed E-state index contributed by atoms with van der Waals surface area (Å²) in [5.41, 5.74) is 2.80. The molecule has 3 aliphatic heterocycles. The highest BCUT2D eigenvalue weighted by Gasteiger charge is 2.46. The average molecular weight is 852 g/mol. The lowest BCUT2D eigenvalue weighted by Gasteiger charge is -2.36. The predicted octanol–water partition coefficient (Wildman–Crippen LogP) is 1.17. The number of pyridine rings is 1. The molecular formula is C42H49N11O9. The molecule has 1 aliphatic carbocycles. The smallest absolute Gasteiger partial charge is 0.270 e. The zero-order chi connectivity index (χ0) is 43.2. The van der Waals surface area contributed by atoms with Crippen LogP contribution in [0.4, 0.5) is 5.82 Å². The maximum absolute atomic E-state index is 13.2. The van der Waals surface area contributed by atoms with Crippen molar-refractivity contribution in [1.29, 1.82) is 0 Å². The molecule has 0 bridgehead atoms. The van der Waals surface area contributed by atoms with Gasteiger partial charge in [0.05, 0.1) is 43.9 Å². The van der Waals surface area contributed by atoms with Crippen LogP contribution in [-0.4, -0.2) is 147 Å². The molecule has 8 rings (SSSR count). The van der Waals surface area contributed by atoms with Crippen LogP contribution in [0, 0.1) is 6.92 Å². The number of ether oxygens (including phenoxy) is 3. The van der Waals surface area contributed by atoms with Crippen LogP contribution >= 0.6 is 0 Å². The number of imide groups is 2. The van der Waals surface area contributed by atoms with Gasteiger partial charge in [0.25, 0.3) is 23.6 Å². The molecule has 1 aromatic carbocycles. The number of rotatable bonds is 18. The summed E-state index contributed by atoms with van der Waals surface area (Å²) in [7, 11) is 0. The molecule has 62 heavy (non-hydrogen) atoms. The SMILES string of the molecule is Cc1cccc(C(=O)NC2CC(n3cnc4c(NC5CCN(CCOCCOCCNC(=O)COc6cccc7c6C(=O)N([C@H]6CCC(=O)NC6=O)C7=O)CC5)ncnc43)C2)n1. The topological polar surface area (TPSA) is 241 Å². The molecule has 0 unspecified atom stereocenters. The van der Waals surface area contributed by atoms with Crippen LogP contribution in [0.2, 0.25) is 0 Å². The Labute approximate surface area is 356 Å². The van der Waals surface area contributed by atoms with E-state index in [9.17, 15) is 28.8 Å². The molecule has 3 aromatic heterocycles. The predicted molar refractivity (Wildman–Crippen MR) is 220 cm³/mol. The van der Waals surface area contributed by atoms with E-state index in [2.05, 4.69) is 50.7 Å². The number of amides is 6. The number of anilines is 1. The van der Waals surface area contributed by atoms with Gasteiger partial charge in [0, 0.05) is 56.4 Å². The summed E-state index contributed by atoms with van der Waals surface area (Å²) in [5, 5.41) is 11.5.